The van der Waals surface area contributed by atoms with E-state index >= 15 is 0 Å². The molecule has 3 aromatic heterocycles. The molecule has 1 saturated carbocycles. The van der Waals surface area contributed by atoms with E-state index in [0.29, 0.717) is 34.5 Å². The van der Waals surface area contributed by atoms with Gasteiger partial charge >= 0.3 is 6.09 Å². The first-order valence-electron chi connectivity index (χ1n) is 12.0. The van der Waals surface area contributed by atoms with Crippen LogP contribution in [0.1, 0.15) is 56.8 Å². The third-order valence-electron chi connectivity index (χ3n) is 6.06. The molecule has 1 fully saturated rings. The Labute approximate surface area is 203 Å². The van der Waals surface area contributed by atoms with E-state index < -0.39 is 11.9 Å². The van der Waals surface area contributed by atoms with Crippen LogP contribution in [-0.2, 0) is 4.74 Å². The Kier molecular flexibility index (Phi) is 7.48. The van der Waals surface area contributed by atoms with Gasteiger partial charge < -0.3 is 20.7 Å². The Morgan fingerprint density at radius 3 is 2.54 bits per heavy atom. The van der Waals surface area contributed by atoms with Gasteiger partial charge in [-0.15, -0.1) is 0 Å². The molecule has 9 nitrogen and oxygen atoms in total. The van der Waals surface area contributed by atoms with Crippen LogP contribution < -0.4 is 16.0 Å². The van der Waals surface area contributed by atoms with E-state index in [0.717, 1.165) is 25.7 Å². The zero-order valence-corrected chi connectivity index (χ0v) is 20.2. The lowest BCUT2D eigenvalue weighted by atomic mass is 9.91. The maximum absolute atomic E-state index is 14.3. The highest BCUT2D eigenvalue weighted by molar-refractivity contribution is 6.03. The third kappa shape index (κ3) is 5.70. The van der Waals surface area contributed by atoms with Crippen molar-refractivity contribution in [2.24, 2.45) is 0 Å². The summed E-state index contributed by atoms with van der Waals surface area (Å²) >= 11 is 0. The van der Waals surface area contributed by atoms with Gasteiger partial charge in [0.25, 0.3) is 5.91 Å². The number of alkyl carbamates (subject to hydrolysis) is 1. The van der Waals surface area contributed by atoms with Gasteiger partial charge in [0.2, 0.25) is 0 Å². The number of pyridine rings is 1. The summed E-state index contributed by atoms with van der Waals surface area (Å²) in [6, 6.07) is 3.54. The van der Waals surface area contributed by atoms with E-state index in [1.54, 1.807) is 23.7 Å². The van der Waals surface area contributed by atoms with Crippen molar-refractivity contribution in [3.63, 3.8) is 0 Å². The number of anilines is 1. The monoisotopic (exact) mass is 482 g/mol. The molecule has 0 radical (unpaired) electrons. The Hall–Kier alpha value is -3.69. The lowest BCUT2D eigenvalue weighted by molar-refractivity contribution is 0.0921. The number of aromatic nitrogens is 3. The van der Waals surface area contributed by atoms with Crippen molar-refractivity contribution in [3.05, 3.63) is 48.3 Å². The van der Waals surface area contributed by atoms with Gasteiger partial charge in [-0.1, -0.05) is 0 Å². The summed E-state index contributed by atoms with van der Waals surface area (Å²) in [5, 5.41) is 13.8. The summed E-state index contributed by atoms with van der Waals surface area (Å²) in [5.74, 6) is -0.643. The third-order valence-corrected chi connectivity index (χ3v) is 6.06. The molecule has 10 heteroatoms. The second kappa shape index (κ2) is 10.7. The van der Waals surface area contributed by atoms with Crippen LogP contribution in [-0.4, -0.2) is 51.3 Å². The first-order chi connectivity index (χ1) is 16.9. The largest absolute Gasteiger partial charge is 0.450 e. The van der Waals surface area contributed by atoms with Crippen molar-refractivity contribution in [2.75, 3.05) is 11.9 Å². The summed E-state index contributed by atoms with van der Waals surface area (Å²) in [7, 11) is 0. The second-order valence-electron chi connectivity index (χ2n) is 9.03. The highest BCUT2D eigenvalue weighted by Gasteiger charge is 2.26. The average Bonchev–Trinajstić information content (AvgIpc) is 3.25. The van der Waals surface area contributed by atoms with E-state index in [1.165, 1.54) is 18.6 Å². The molecule has 0 atom stereocenters. The Balaban J connectivity index is 1.53. The van der Waals surface area contributed by atoms with E-state index in [-0.39, 0.29) is 24.0 Å². The van der Waals surface area contributed by atoms with Gasteiger partial charge in [0, 0.05) is 41.6 Å². The maximum Gasteiger partial charge on any atom is 0.407 e. The van der Waals surface area contributed by atoms with Crippen molar-refractivity contribution >= 4 is 23.2 Å². The first kappa shape index (κ1) is 24.4. The van der Waals surface area contributed by atoms with Gasteiger partial charge in [-0.2, -0.15) is 5.10 Å². The van der Waals surface area contributed by atoms with Crippen LogP contribution >= 0.6 is 0 Å². The summed E-state index contributed by atoms with van der Waals surface area (Å²) in [6.07, 6.45) is 8.61. The molecule has 0 aromatic carbocycles. The van der Waals surface area contributed by atoms with Crippen molar-refractivity contribution < 1.29 is 18.7 Å². The molecule has 0 unspecified atom stereocenters. The minimum atomic E-state index is -0.423. The number of carbonyl (C=O) groups is 2. The summed E-state index contributed by atoms with van der Waals surface area (Å²) < 4.78 is 20.9. The summed E-state index contributed by atoms with van der Waals surface area (Å²) in [6.45, 7) is 6.08. The molecular weight excluding hydrogens is 451 g/mol. The molecule has 2 amide bonds. The quantitative estimate of drug-likeness (QED) is 0.467. The van der Waals surface area contributed by atoms with Gasteiger partial charge in [0.1, 0.15) is 5.82 Å². The summed E-state index contributed by atoms with van der Waals surface area (Å²) in [5.41, 5.74) is 2.82. The number of halogens is 1. The van der Waals surface area contributed by atoms with Crippen molar-refractivity contribution in [3.8, 4) is 11.1 Å². The van der Waals surface area contributed by atoms with Crippen LogP contribution in [0, 0.1) is 5.82 Å². The lowest BCUT2D eigenvalue weighted by Gasteiger charge is -2.29. The van der Waals surface area contributed by atoms with Crippen LogP contribution in [0.3, 0.4) is 0 Å². The normalized spacial score (nSPS) is 17.9. The SMILES string of the molecule is CCOC(=O)N[C@H]1CC[C@H](NC(=O)c2cnn3cc(-c4ccncc4F)cc3c2NC(C)C)CC1. The molecular formula is C25H31FN6O3. The number of nitrogens with one attached hydrogen (secondary N) is 3. The Morgan fingerprint density at radius 2 is 1.89 bits per heavy atom. The first-order valence-corrected chi connectivity index (χ1v) is 12.0. The Morgan fingerprint density at radius 1 is 1.17 bits per heavy atom. The van der Waals surface area contributed by atoms with E-state index in [2.05, 4.69) is 26.0 Å². The van der Waals surface area contributed by atoms with E-state index in [9.17, 15) is 14.0 Å². The van der Waals surface area contributed by atoms with Crippen LogP contribution in [0.15, 0.2) is 36.9 Å². The maximum atomic E-state index is 14.3. The van der Waals surface area contributed by atoms with Crippen molar-refractivity contribution in [2.45, 2.75) is 64.6 Å². The molecule has 4 rings (SSSR count). The highest BCUT2D eigenvalue weighted by Crippen LogP contribution is 2.30. The number of fused-ring (bicyclic) bond motifs is 1. The van der Waals surface area contributed by atoms with Gasteiger partial charge in [-0.05, 0) is 58.6 Å². The number of rotatable bonds is 7. The molecule has 0 saturated heterocycles. The predicted molar refractivity (Wildman–Crippen MR) is 131 cm³/mol. The molecule has 3 N–H and O–H groups in total. The fourth-order valence-corrected chi connectivity index (χ4v) is 4.41. The predicted octanol–water partition coefficient (Wildman–Crippen LogP) is 4.14. The molecule has 1 aliphatic carbocycles. The zero-order valence-electron chi connectivity index (χ0n) is 20.2. The lowest BCUT2D eigenvalue weighted by Crippen LogP contribution is -2.44. The Bertz CT molecular complexity index is 1200. The minimum Gasteiger partial charge on any atom is -0.450 e. The molecule has 3 heterocycles. The van der Waals surface area contributed by atoms with Gasteiger partial charge in [-0.3, -0.25) is 9.78 Å². The number of hydrogen-bond acceptors (Lipinski definition) is 6. The number of hydrogen-bond donors (Lipinski definition) is 3. The van der Waals surface area contributed by atoms with Crippen LogP contribution in [0.2, 0.25) is 0 Å². The molecule has 35 heavy (non-hydrogen) atoms. The molecule has 186 valence electrons. The number of nitrogens with zero attached hydrogens (tertiary/aromatic N) is 3. The fourth-order valence-electron chi connectivity index (χ4n) is 4.41. The number of ether oxygens (including phenoxy) is 1. The smallest absolute Gasteiger partial charge is 0.407 e. The fraction of sp³-hybridized carbons (Fsp3) is 0.440. The standard InChI is InChI=1S/C25H31FN6O3/c1-4-35-25(34)31-18-7-5-17(6-8-18)30-24(33)20-12-28-32-14-16(19-9-10-27-13-21(19)26)11-22(32)23(20)29-15(2)3/h9-15,17-18,29H,4-8H2,1-3H3,(H,30,33)(H,31,34)/t17-,18-. The highest BCUT2D eigenvalue weighted by atomic mass is 19.1. The topological polar surface area (TPSA) is 110 Å². The van der Waals surface area contributed by atoms with E-state index in [1.807, 2.05) is 19.9 Å². The number of amides is 2. The minimum absolute atomic E-state index is 0.000802. The summed E-state index contributed by atoms with van der Waals surface area (Å²) in [4.78, 5) is 28.7. The molecule has 0 aliphatic heterocycles. The zero-order chi connectivity index (χ0) is 24.9. The van der Waals surface area contributed by atoms with Gasteiger partial charge in [0.05, 0.1) is 35.8 Å². The van der Waals surface area contributed by atoms with Crippen LogP contribution in [0.25, 0.3) is 16.6 Å². The van der Waals surface area contributed by atoms with Gasteiger partial charge in [-0.25, -0.2) is 13.7 Å². The second-order valence-corrected chi connectivity index (χ2v) is 9.03. The average molecular weight is 483 g/mol. The number of carbonyl (C=O) groups excluding carboxylic acids is 2. The van der Waals surface area contributed by atoms with Crippen LogP contribution in [0.4, 0.5) is 14.9 Å². The molecule has 0 bridgehead atoms. The molecule has 3 aromatic rings. The molecule has 0 spiro atoms. The van der Waals surface area contributed by atoms with Gasteiger partial charge in [0.15, 0.2) is 0 Å². The van der Waals surface area contributed by atoms with E-state index in [4.69, 9.17) is 4.74 Å². The molecule has 1 aliphatic rings. The van der Waals surface area contributed by atoms with Crippen LogP contribution in [0.5, 0.6) is 0 Å². The van der Waals surface area contributed by atoms with Crippen molar-refractivity contribution in [1.29, 1.82) is 0 Å². The van der Waals surface area contributed by atoms with Crippen molar-refractivity contribution in [1.82, 2.24) is 25.2 Å².